The summed E-state index contributed by atoms with van der Waals surface area (Å²) in [7, 11) is 0. The summed E-state index contributed by atoms with van der Waals surface area (Å²) in [4.78, 5) is 11.9. The molecular weight excluding hydrogens is 300 g/mol. The summed E-state index contributed by atoms with van der Waals surface area (Å²) < 4.78 is 51.0. The Morgan fingerprint density at radius 2 is 1.86 bits per heavy atom. The highest BCUT2D eigenvalue weighted by atomic mass is 19.4. The molecule has 0 radical (unpaired) electrons. The standard InChI is InChI=1S/C15H8F4N2O/c16-13-7-10(15(17,18)19)4-5-12(13)14(22)21-11-3-1-2-9(6-11)8-20/h1-7H,(H,21,22). The van der Waals surface area contributed by atoms with Crippen molar-refractivity contribution < 1.29 is 22.4 Å². The van der Waals surface area contributed by atoms with Crippen molar-refractivity contribution in [1.29, 1.82) is 5.26 Å². The normalized spacial score (nSPS) is 10.9. The summed E-state index contributed by atoms with van der Waals surface area (Å²) in [5.41, 5.74) is -1.17. The van der Waals surface area contributed by atoms with Crippen LogP contribution >= 0.6 is 0 Å². The van der Waals surface area contributed by atoms with Crippen molar-refractivity contribution in [3.05, 3.63) is 65.0 Å². The first kappa shape index (κ1) is 15.5. The maximum Gasteiger partial charge on any atom is 0.416 e. The van der Waals surface area contributed by atoms with Crippen LogP contribution in [0.4, 0.5) is 23.2 Å². The molecule has 3 nitrogen and oxygen atoms in total. The highest BCUT2D eigenvalue weighted by Crippen LogP contribution is 2.30. The second-order valence-electron chi connectivity index (χ2n) is 4.34. The smallest absolute Gasteiger partial charge is 0.322 e. The predicted molar refractivity (Wildman–Crippen MR) is 70.5 cm³/mol. The SMILES string of the molecule is N#Cc1cccc(NC(=O)c2ccc(C(F)(F)F)cc2F)c1. The van der Waals surface area contributed by atoms with Crippen LogP contribution in [0.1, 0.15) is 21.5 Å². The van der Waals surface area contributed by atoms with Gasteiger partial charge in [-0.25, -0.2) is 4.39 Å². The minimum absolute atomic E-state index is 0.239. The maximum atomic E-state index is 13.7. The van der Waals surface area contributed by atoms with E-state index in [2.05, 4.69) is 5.32 Å². The van der Waals surface area contributed by atoms with Gasteiger partial charge >= 0.3 is 6.18 Å². The van der Waals surface area contributed by atoms with E-state index in [1.54, 1.807) is 0 Å². The summed E-state index contributed by atoms with van der Waals surface area (Å²) in [6.45, 7) is 0. The second kappa shape index (κ2) is 5.85. The minimum Gasteiger partial charge on any atom is -0.322 e. The number of nitrogens with one attached hydrogen (secondary N) is 1. The van der Waals surface area contributed by atoms with Crippen LogP contribution in [0, 0.1) is 17.1 Å². The molecule has 1 amide bonds. The van der Waals surface area contributed by atoms with E-state index in [0.29, 0.717) is 6.07 Å². The van der Waals surface area contributed by atoms with Crippen LogP contribution < -0.4 is 5.32 Å². The first-order chi connectivity index (χ1) is 10.3. The lowest BCUT2D eigenvalue weighted by atomic mass is 10.1. The third-order valence-corrected chi connectivity index (χ3v) is 2.79. The van der Waals surface area contributed by atoms with E-state index in [-0.39, 0.29) is 17.3 Å². The zero-order valence-corrected chi connectivity index (χ0v) is 10.9. The van der Waals surface area contributed by atoms with Crippen molar-refractivity contribution in [2.24, 2.45) is 0 Å². The molecule has 2 aromatic carbocycles. The van der Waals surface area contributed by atoms with E-state index >= 15 is 0 Å². The van der Waals surface area contributed by atoms with Crippen molar-refractivity contribution >= 4 is 11.6 Å². The summed E-state index contributed by atoms with van der Waals surface area (Å²) >= 11 is 0. The highest BCUT2D eigenvalue weighted by Gasteiger charge is 2.31. The fraction of sp³-hybridized carbons (Fsp3) is 0.0667. The van der Waals surface area contributed by atoms with E-state index in [9.17, 15) is 22.4 Å². The fourth-order valence-corrected chi connectivity index (χ4v) is 1.74. The van der Waals surface area contributed by atoms with Gasteiger partial charge in [0.25, 0.3) is 5.91 Å². The number of halogens is 4. The lowest BCUT2D eigenvalue weighted by molar-refractivity contribution is -0.137. The lowest BCUT2D eigenvalue weighted by Gasteiger charge is -2.10. The molecule has 0 fully saturated rings. The minimum atomic E-state index is -4.68. The number of hydrogen-bond donors (Lipinski definition) is 1. The van der Waals surface area contributed by atoms with Crippen LogP contribution in [0.5, 0.6) is 0 Å². The number of nitrogens with zero attached hydrogens (tertiary/aromatic N) is 1. The lowest BCUT2D eigenvalue weighted by Crippen LogP contribution is -2.15. The Kier molecular flexibility index (Phi) is 4.13. The first-order valence-corrected chi connectivity index (χ1v) is 5.99. The van der Waals surface area contributed by atoms with Crippen molar-refractivity contribution in [2.45, 2.75) is 6.18 Å². The van der Waals surface area contributed by atoms with E-state index in [4.69, 9.17) is 5.26 Å². The summed E-state index contributed by atoms with van der Waals surface area (Å²) in [5, 5.41) is 11.1. The number of amides is 1. The number of alkyl halides is 3. The molecule has 0 aliphatic carbocycles. The average Bonchev–Trinajstić information content (AvgIpc) is 2.46. The molecule has 0 aliphatic rings. The summed E-state index contributed by atoms with van der Waals surface area (Å²) in [6, 6.07) is 9.38. The molecule has 0 bridgehead atoms. The molecule has 7 heteroatoms. The molecule has 0 spiro atoms. The van der Waals surface area contributed by atoms with Gasteiger partial charge in [0.15, 0.2) is 0 Å². The molecule has 22 heavy (non-hydrogen) atoms. The van der Waals surface area contributed by atoms with Crippen molar-refractivity contribution in [3.63, 3.8) is 0 Å². The molecule has 1 N–H and O–H groups in total. The van der Waals surface area contributed by atoms with Gasteiger partial charge in [0.2, 0.25) is 0 Å². The van der Waals surface area contributed by atoms with Gasteiger partial charge in [-0.05, 0) is 36.4 Å². The topological polar surface area (TPSA) is 52.9 Å². The largest absolute Gasteiger partial charge is 0.416 e. The zero-order chi connectivity index (χ0) is 16.3. The zero-order valence-electron chi connectivity index (χ0n) is 10.9. The number of rotatable bonds is 2. The molecule has 0 aromatic heterocycles. The van der Waals surface area contributed by atoms with E-state index in [1.165, 1.54) is 24.3 Å². The quantitative estimate of drug-likeness (QED) is 0.854. The van der Waals surface area contributed by atoms with Crippen LogP contribution in [0.15, 0.2) is 42.5 Å². The maximum absolute atomic E-state index is 13.7. The van der Waals surface area contributed by atoms with Crippen LogP contribution in [0.25, 0.3) is 0 Å². The van der Waals surface area contributed by atoms with E-state index < -0.39 is 29.0 Å². The van der Waals surface area contributed by atoms with Crippen molar-refractivity contribution in [3.8, 4) is 6.07 Å². The third-order valence-electron chi connectivity index (χ3n) is 2.79. The highest BCUT2D eigenvalue weighted by molar-refractivity contribution is 6.04. The molecule has 0 unspecified atom stereocenters. The van der Waals surface area contributed by atoms with E-state index in [1.807, 2.05) is 6.07 Å². The monoisotopic (exact) mass is 308 g/mol. The van der Waals surface area contributed by atoms with Gasteiger partial charge in [0.1, 0.15) is 5.82 Å². The second-order valence-corrected chi connectivity index (χ2v) is 4.34. The van der Waals surface area contributed by atoms with Gasteiger partial charge in [-0.1, -0.05) is 6.07 Å². The first-order valence-electron chi connectivity index (χ1n) is 5.99. The third kappa shape index (κ3) is 3.41. The Balaban J connectivity index is 2.25. The number of hydrogen-bond acceptors (Lipinski definition) is 2. The van der Waals surface area contributed by atoms with Gasteiger partial charge in [-0.2, -0.15) is 18.4 Å². The molecule has 0 heterocycles. The molecular formula is C15H8F4N2O. The number of carbonyl (C=O) groups is 1. The Bertz CT molecular complexity index is 763. The number of carbonyl (C=O) groups excluding carboxylic acids is 1. The summed E-state index contributed by atoms with van der Waals surface area (Å²) in [5.74, 6) is -2.18. The fourth-order valence-electron chi connectivity index (χ4n) is 1.74. The average molecular weight is 308 g/mol. The Morgan fingerprint density at radius 3 is 2.45 bits per heavy atom. The van der Waals surface area contributed by atoms with Gasteiger partial charge in [-0.15, -0.1) is 0 Å². The Hall–Kier alpha value is -2.88. The van der Waals surface area contributed by atoms with Crippen molar-refractivity contribution in [2.75, 3.05) is 5.32 Å². The number of nitriles is 1. The van der Waals surface area contributed by atoms with Gasteiger partial charge in [-0.3, -0.25) is 4.79 Å². The van der Waals surface area contributed by atoms with E-state index in [0.717, 1.165) is 6.07 Å². The molecule has 0 saturated carbocycles. The molecule has 0 saturated heterocycles. The Morgan fingerprint density at radius 1 is 1.14 bits per heavy atom. The van der Waals surface area contributed by atoms with Gasteiger partial charge in [0.05, 0.1) is 22.8 Å². The number of benzene rings is 2. The summed E-state index contributed by atoms with van der Waals surface area (Å²) in [6.07, 6.45) is -4.68. The predicted octanol–water partition coefficient (Wildman–Crippen LogP) is 3.97. The molecule has 2 aromatic rings. The van der Waals surface area contributed by atoms with Crippen LogP contribution in [-0.4, -0.2) is 5.91 Å². The van der Waals surface area contributed by atoms with Crippen LogP contribution in [-0.2, 0) is 6.18 Å². The number of anilines is 1. The molecule has 0 atom stereocenters. The van der Waals surface area contributed by atoms with Gasteiger partial charge < -0.3 is 5.32 Å². The molecule has 112 valence electrons. The molecule has 2 rings (SSSR count). The van der Waals surface area contributed by atoms with Gasteiger partial charge in [0, 0.05) is 5.69 Å². The van der Waals surface area contributed by atoms with Crippen LogP contribution in [0.3, 0.4) is 0 Å². The van der Waals surface area contributed by atoms with Crippen molar-refractivity contribution in [1.82, 2.24) is 0 Å². The Labute approximate surface area is 122 Å². The van der Waals surface area contributed by atoms with Crippen LogP contribution in [0.2, 0.25) is 0 Å². The molecule has 0 aliphatic heterocycles.